The lowest BCUT2D eigenvalue weighted by Crippen LogP contribution is -2.32. The van der Waals surface area contributed by atoms with Gasteiger partial charge in [-0.05, 0) is 31.0 Å². The fraction of sp³-hybridized carbons (Fsp3) is 0.389. The number of amides is 1. The molecule has 0 saturated carbocycles. The summed E-state index contributed by atoms with van der Waals surface area (Å²) in [5.41, 5.74) is 1.44. The Morgan fingerprint density at radius 3 is 2.44 bits per heavy atom. The van der Waals surface area contributed by atoms with E-state index in [2.05, 4.69) is 20.6 Å². The first-order chi connectivity index (χ1) is 12.1. The van der Waals surface area contributed by atoms with Crippen molar-refractivity contribution in [3.63, 3.8) is 0 Å². The largest absolute Gasteiger partial charge is 0.493 e. The van der Waals surface area contributed by atoms with E-state index in [9.17, 15) is 4.79 Å². The predicted molar refractivity (Wildman–Crippen MR) is 96.1 cm³/mol. The Hall–Kier alpha value is -2.83. The fourth-order valence-corrected chi connectivity index (χ4v) is 2.12. The summed E-state index contributed by atoms with van der Waals surface area (Å²) in [5.74, 6) is 1.63. The molecule has 7 nitrogen and oxygen atoms in total. The van der Waals surface area contributed by atoms with Gasteiger partial charge in [-0.15, -0.1) is 0 Å². The normalized spacial score (nSPS) is 11.5. The van der Waals surface area contributed by atoms with Crippen LogP contribution in [0.4, 0.5) is 5.95 Å². The SMILES string of the molecule is CCC(C)NC(=O)c1cnc(NCc2ccc(OC)c(OC)c2)nc1. The first kappa shape index (κ1) is 18.5. The quantitative estimate of drug-likeness (QED) is 0.766. The van der Waals surface area contributed by atoms with Crippen LogP contribution in [0.15, 0.2) is 30.6 Å². The van der Waals surface area contributed by atoms with Gasteiger partial charge >= 0.3 is 0 Å². The first-order valence-corrected chi connectivity index (χ1v) is 8.15. The Bertz CT molecular complexity index is 704. The van der Waals surface area contributed by atoms with Crippen LogP contribution in [-0.4, -0.2) is 36.1 Å². The van der Waals surface area contributed by atoms with Crippen LogP contribution in [0.3, 0.4) is 0 Å². The van der Waals surface area contributed by atoms with E-state index >= 15 is 0 Å². The maximum absolute atomic E-state index is 12.0. The van der Waals surface area contributed by atoms with Gasteiger partial charge < -0.3 is 20.1 Å². The number of nitrogens with one attached hydrogen (secondary N) is 2. The van der Waals surface area contributed by atoms with Gasteiger partial charge in [-0.25, -0.2) is 9.97 Å². The molecule has 134 valence electrons. The van der Waals surface area contributed by atoms with Gasteiger partial charge in [0.15, 0.2) is 11.5 Å². The van der Waals surface area contributed by atoms with Crippen LogP contribution in [0, 0.1) is 0 Å². The Labute approximate surface area is 147 Å². The van der Waals surface area contributed by atoms with Crippen molar-refractivity contribution in [1.82, 2.24) is 15.3 Å². The number of aromatic nitrogens is 2. The summed E-state index contributed by atoms with van der Waals surface area (Å²) in [6.45, 7) is 4.50. The summed E-state index contributed by atoms with van der Waals surface area (Å²) in [5, 5.41) is 6.00. The molecule has 1 unspecified atom stereocenters. The van der Waals surface area contributed by atoms with Crippen molar-refractivity contribution >= 4 is 11.9 Å². The second-order valence-electron chi connectivity index (χ2n) is 5.62. The molecule has 0 radical (unpaired) electrons. The van der Waals surface area contributed by atoms with Crippen molar-refractivity contribution in [2.24, 2.45) is 0 Å². The first-order valence-electron chi connectivity index (χ1n) is 8.15. The highest BCUT2D eigenvalue weighted by molar-refractivity contribution is 5.93. The Balaban J connectivity index is 1.96. The predicted octanol–water partition coefficient (Wildman–Crippen LogP) is 2.63. The number of carbonyl (C=O) groups is 1. The monoisotopic (exact) mass is 344 g/mol. The molecule has 0 spiro atoms. The fourth-order valence-electron chi connectivity index (χ4n) is 2.12. The summed E-state index contributed by atoms with van der Waals surface area (Å²) >= 11 is 0. The highest BCUT2D eigenvalue weighted by Gasteiger charge is 2.10. The molecule has 0 aliphatic carbocycles. The van der Waals surface area contributed by atoms with Gasteiger partial charge in [0.05, 0.1) is 19.8 Å². The van der Waals surface area contributed by atoms with Gasteiger partial charge in [0.1, 0.15) is 0 Å². The van der Waals surface area contributed by atoms with Crippen LogP contribution in [0.2, 0.25) is 0 Å². The van der Waals surface area contributed by atoms with Crippen LogP contribution >= 0.6 is 0 Å². The number of ether oxygens (including phenoxy) is 2. The van der Waals surface area contributed by atoms with E-state index in [4.69, 9.17) is 9.47 Å². The third kappa shape index (κ3) is 5.07. The molecule has 2 rings (SSSR count). The second-order valence-corrected chi connectivity index (χ2v) is 5.62. The average molecular weight is 344 g/mol. The van der Waals surface area contributed by atoms with Crippen molar-refractivity contribution in [2.45, 2.75) is 32.9 Å². The van der Waals surface area contributed by atoms with Crippen molar-refractivity contribution < 1.29 is 14.3 Å². The zero-order valence-corrected chi connectivity index (χ0v) is 15.0. The minimum absolute atomic E-state index is 0.121. The molecule has 1 amide bonds. The van der Waals surface area contributed by atoms with Crippen LogP contribution in [-0.2, 0) is 6.54 Å². The van der Waals surface area contributed by atoms with Gasteiger partial charge in [-0.1, -0.05) is 13.0 Å². The number of nitrogens with zero attached hydrogens (tertiary/aromatic N) is 2. The minimum atomic E-state index is -0.166. The van der Waals surface area contributed by atoms with Gasteiger partial charge in [0.25, 0.3) is 5.91 Å². The standard InChI is InChI=1S/C18H24N4O3/c1-5-12(2)22-17(23)14-10-20-18(21-11-14)19-9-13-6-7-15(24-3)16(8-13)25-4/h6-8,10-12H,5,9H2,1-4H3,(H,22,23)(H,19,20,21). The third-order valence-electron chi connectivity index (χ3n) is 3.80. The molecule has 0 aliphatic heterocycles. The number of carbonyl (C=O) groups excluding carboxylic acids is 1. The van der Waals surface area contributed by atoms with Crippen LogP contribution < -0.4 is 20.1 Å². The molecule has 1 atom stereocenters. The van der Waals surface area contributed by atoms with Gasteiger partial charge in [-0.3, -0.25) is 4.79 Å². The van der Waals surface area contributed by atoms with Crippen molar-refractivity contribution in [1.29, 1.82) is 0 Å². The third-order valence-corrected chi connectivity index (χ3v) is 3.80. The number of hydrogen-bond acceptors (Lipinski definition) is 6. The molecular formula is C18H24N4O3. The molecule has 7 heteroatoms. The van der Waals surface area contributed by atoms with Crippen LogP contribution in [0.1, 0.15) is 36.2 Å². The smallest absolute Gasteiger partial charge is 0.254 e. The topological polar surface area (TPSA) is 85.4 Å². The van der Waals surface area contributed by atoms with E-state index in [0.717, 1.165) is 12.0 Å². The van der Waals surface area contributed by atoms with E-state index in [0.29, 0.717) is 29.6 Å². The van der Waals surface area contributed by atoms with Crippen LogP contribution in [0.25, 0.3) is 0 Å². The summed E-state index contributed by atoms with van der Waals surface area (Å²) in [4.78, 5) is 20.4. The zero-order valence-electron chi connectivity index (χ0n) is 15.0. The summed E-state index contributed by atoms with van der Waals surface area (Å²) in [6.07, 6.45) is 3.90. The highest BCUT2D eigenvalue weighted by Crippen LogP contribution is 2.27. The molecule has 0 saturated heterocycles. The molecule has 2 N–H and O–H groups in total. The lowest BCUT2D eigenvalue weighted by atomic mass is 10.2. The Morgan fingerprint density at radius 1 is 1.16 bits per heavy atom. The number of anilines is 1. The summed E-state index contributed by atoms with van der Waals surface area (Å²) < 4.78 is 10.5. The highest BCUT2D eigenvalue weighted by atomic mass is 16.5. The molecule has 1 aromatic heterocycles. The molecule has 1 heterocycles. The van der Waals surface area contributed by atoms with Crippen LogP contribution in [0.5, 0.6) is 11.5 Å². The maximum atomic E-state index is 12.0. The Morgan fingerprint density at radius 2 is 1.84 bits per heavy atom. The maximum Gasteiger partial charge on any atom is 0.254 e. The Kier molecular flexibility index (Phi) is 6.56. The number of rotatable bonds is 8. The molecular weight excluding hydrogens is 320 g/mol. The van der Waals surface area contributed by atoms with Crippen molar-refractivity contribution in [2.75, 3.05) is 19.5 Å². The van der Waals surface area contributed by atoms with Crippen molar-refractivity contribution in [3.8, 4) is 11.5 Å². The molecule has 0 bridgehead atoms. The van der Waals surface area contributed by atoms with Gasteiger partial charge in [-0.2, -0.15) is 0 Å². The zero-order chi connectivity index (χ0) is 18.2. The van der Waals surface area contributed by atoms with E-state index in [-0.39, 0.29) is 11.9 Å². The second kappa shape index (κ2) is 8.86. The van der Waals surface area contributed by atoms with Gasteiger partial charge in [0, 0.05) is 25.0 Å². The lowest BCUT2D eigenvalue weighted by molar-refractivity contribution is 0.0938. The van der Waals surface area contributed by atoms with E-state index in [1.54, 1.807) is 14.2 Å². The molecule has 1 aromatic carbocycles. The lowest BCUT2D eigenvalue weighted by Gasteiger charge is -2.12. The number of benzene rings is 1. The number of hydrogen-bond donors (Lipinski definition) is 2. The summed E-state index contributed by atoms with van der Waals surface area (Å²) in [7, 11) is 3.20. The van der Waals surface area contributed by atoms with E-state index < -0.39 is 0 Å². The number of methoxy groups -OCH3 is 2. The average Bonchev–Trinajstić information content (AvgIpc) is 2.66. The molecule has 0 fully saturated rings. The van der Waals surface area contributed by atoms with Crippen molar-refractivity contribution in [3.05, 3.63) is 41.7 Å². The summed E-state index contributed by atoms with van der Waals surface area (Å²) in [6, 6.07) is 5.79. The minimum Gasteiger partial charge on any atom is -0.493 e. The van der Waals surface area contributed by atoms with Gasteiger partial charge in [0.2, 0.25) is 5.95 Å². The molecule has 2 aromatic rings. The molecule has 0 aliphatic rings. The van der Waals surface area contributed by atoms with E-state index in [1.165, 1.54) is 12.4 Å². The molecule has 25 heavy (non-hydrogen) atoms. The van der Waals surface area contributed by atoms with E-state index in [1.807, 2.05) is 32.0 Å².